The van der Waals surface area contributed by atoms with Crippen molar-refractivity contribution >= 4 is 168 Å². The SMILES string of the molecule is Cc1cccc(C)c1Oc1ccc2c(c1)c1cc(-c3ccc(Br)c4nsnc34)ccc1n2-c1ccccc1.Cc1ccccc1N(c1ccc(N(c2ccc(-c3ccccc3)cc2)c2ccc(-c3ccc4c(c3)c3cc(Oc5c(C)cccc5C)ccc3n4-c3ccccc3)c3nsnc23)cc1)c1ccccc1C.Cc1ccccc1N(c1ccc(Nc2ccc(-c3ccccc3)cc2)cc1)c1ccccc1C. The first kappa shape index (κ1) is 91.0. The Bertz CT molecular complexity index is 8660. The zero-order valence-corrected chi connectivity index (χ0v) is 83.5. The second-order valence-corrected chi connectivity index (χ2v) is 38.1. The summed E-state index contributed by atoms with van der Waals surface area (Å²) in [5, 5.41) is 8.06. The lowest BCUT2D eigenvalue weighted by atomic mass is 10.00. The molecule has 0 spiro atoms. The lowest BCUT2D eigenvalue weighted by Gasteiger charge is -2.30. The standard InChI is InChI=1S/C64H49N5OS.C32H22BrN3OS.C32H28N2/c1-42-16-11-13-24-57(42)68(58-25-14-12-17-43(58)2)52-33-31-51(32-34-52)67(50-29-26-47(27-30-50)46-20-7-5-8-21-46)61-39-36-54(62-63(61)66-71-65-62)48-28-37-59-55(40-48)56-41-53(70-64-44(3)18-15-19-45(64)4)35-38-60(56)69(59)49-22-9-6-10-23-49;1-19-7-6-8-20(2)32(19)37-23-12-16-29-26(18-23)25-17-21(24-13-14-27(33)31-30(24)34-38-35-31)11-15-28(25)36(29)22-9-4-3-5-10-22;1-24-10-6-8-14-31(24)34(32-15-9-7-11-25(32)2)30-22-20-29(21-23-30)33-28-18-16-27(17-19-28)26-12-4-3-5-13-26/h5-41H,1-4H3;3-18H,1-2H3;3-23,33H,1-2H3. The molecule has 0 atom stereocenters. The number of benzene rings is 20. The molecule has 24 rings (SSSR count). The zero-order valence-electron chi connectivity index (χ0n) is 80.3. The number of fused-ring (bicyclic) bond motifs is 8. The molecule has 4 heterocycles. The van der Waals surface area contributed by atoms with Gasteiger partial charge in [-0.25, -0.2) is 0 Å². The molecule has 0 fully saturated rings. The fourth-order valence-electron chi connectivity index (χ4n) is 19.6. The molecule has 12 nitrogen and oxygen atoms in total. The van der Waals surface area contributed by atoms with Crippen LogP contribution in [0.15, 0.2) is 453 Å². The molecular formula is C128H99BrN10O2S2. The van der Waals surface area contributed by atoms with Crippen LogP contribution in [0.3, 0.4) is 0 Å². The molecule has 0 amide bonds. The number of ether oxygens (including phenoxy) is 2. The molecule has 0 bridgehead atoms. The van der Waals surface area contributed by atoms with Crippen LogP contribution in [0.2, 0.25) is 0 Å². The average molecular weight is 1950 g/mol. The minimum atomic E-state index is 0.797. The van der Waals surface area contributed by atoms with Crippen LogP contribution in [0.4, 0.5) is 62.6 Å². The van der Waals surface area contributed by atoms with E-state index in [0.29, 0.717) is 0 Å². The van der Waals surface area contributed by atoms with Crippen molar-refractivity contribution in [3.05, 3.63) is 498 Å². The zero-order chi connectivity index (χ0) is 97.1. The first-order valence-electron chi connectivity index (χ1n) is 48.0. The van der Waals surface area contributed by atoms with Crippen LogP contribution in [0, 0.1) is 55.4 Å². The van der Waals surface area contributed by atoms with Gasteiger partial charge in [0, 0.05) is 105 Å². The Kier molecular flexibility index (Phi) is 25.5. The van der Waals surface area contributed by atoms with Crippen molar-refractivity contribution in [2.75, 3.05) is 20.0 Å². The third kappa shape index (κ3) is 18.3. The van der Waals surface area contributed by atoms with Gasteiger partial charge >= 0.3 is 0 Å². The highest BCUT2D eigenvalue weighted by Gasteiger charge is 2.27. The highest BCUT2D eigenvalue weighted by molar-refractivity contribution is 9.10. The number of para-hydroxylation sites is 8. The maximum atomic E-state index is 6.65. The number of aromatic nitrogens is 6. The van der Waals surface area contributed by atoms with Gasteiger partial charge in [0.1, 0.15) is 45.1 Å². The van der Waals surface area contributed by atoms with Crippen molar-refractivity contribution in [2.24, 2.45) is 0 Å². The normalized spacial score (nSPS) is 11.3. The molecule has 0 unspecified atom stereocenters. The summed E-state index contributed by atoms with van der Waals surface area (Å²) in [6, 6.07) is 159. The molecule has 4 aromatic heterocycles. The van der Waals surface area contributed by atoms with Gasteiger partial charge in [-0.15, -0.1) is 0 Å². The Labute approximate surface area is 849 Å². The van der Waals surface area contributed by atoms with E-state index >= 15 is 0 Å². The fraction of sp³-hybridized carbons (Fsp3) is 0.0625. The van der Waals surface area contributed by atoms with Gasteiger partial charge in [0.2, 0.25) is 0 Å². The van der Waals surface area contributed by atoms with Gasteiger partial charge in [-0.1, -0.05) is 249 Å². The van der Waals surface area contributed by atoms with Crippen LogP contribution in [0.1, 0.15) is 44.5 Å². The molecule has 0 aliphatic carbocycles. The van der Waals surface area contributed by atoms with E-state index in [4.69, 9.17) is 18.2 Å². The maximum Gasteiger partial charge on any atom is 0.133 e. The minimum Gasteiger partial charge on any atom is -0.457 e. The van der Waals surface area contributed by atoms with Gasteiger partial charge in [-0.05, 0) is 349 Å². The molecular weight excluding hydrogens is 1850 g/mol. The number of rotatable bonds is 21. The van der Waals surface area contributed by atoms with Gasteiger partial charge in [-0.3, -0.25) is 0 Å². The predicted octanol–water partition coefficient (Wildman–Crippen LogP) is 36.9. The molecule has 0 saturated heterocycles. The van der Waals surface area contributed by atoms with Gasteiger partial charge in [0.05, 0.1) is 51.2 Å². The third-order valence-electron chi connectivity index (χ3n) is 26.8. The minimum absolute atomic E-state index is 0.797. The molecule has 0 aliphatic rings. The summed E-state index contributed by atoms with van der Waals surface area (Å²) in [6.07, 6.45) is 0. The number of hydrogen-bond acceptors (Lipinski definition) is 12. The van der Waals surface area contributed by atoms with Gasteiger partial charge in [0.25, 0.3) is 0 Å². The van der Waals surface area contributed by atoms with Crippen molar-refractivity contribution in [1.29, 1.82) is 0 Å². The Hall–Kier alpha value is -17.1. The lowest BCUT2D eigenvalue weighted by molar-refractivity contribution is 0.475. The Balaban J connectivity index is 0.000000136. The van der Waals surface area contributed by atoms with Gasteiger partial charge in [-0.2, -0.15) is 17.5 Å². The summed E-state index contributed by atoms with van der Waals surface area (Å²) >= 11 is 6.10. The number of aryl methyl sites for hydroxylation is 8. The van der Waals surface area contributed by atoms with Crippen molar-refractivity contribution in [3.63, 3.8) is 0 Å². The molecule has 24 aromatic rings. The van der Waals surface area contributed by atoms with E-state index in [1.807, 2.05) is 18.2 Å². The topological polar surface area (TPSA) is 102 Å². The van der Waals surface area contributed by atoms with E-state index in [1.165, 1.54) is 73.8 Å². The van der Waals surface area contributed by atoms with Crippen molar-refractivity contribution < 1.29 is 9.47 Å². The number of hydrogen-bond donors (Lipinski definition) is 1. The summed E-state index contributed by atoms with van der Waals surface area (Å²) in [4.78, 5) is 7.01. The maximum absolute atomic E-state index is 6.65. The van der Waals surface area contributed by atoms with Crippen molar-refractivity contribution in [1.82, 2.24) is 26.6 Å². The lowest BCUT2D eigenvalue weighted by Crippen LogP contribution is -2.14. The molecule has 1 N–H and O–H groups in total. The molecule has 20 aromatic carbocycles. The molecule has 692 valence electrons. The number of halogens is 1. The number of anilines is 11. The van der Waals surface area contributed by atoms with E-state index in [2.05, 4.69) is 540 Å². The second-order valence-electron chi connectivity index (χ2n) is 36.2. The predicted molar refractivity (Wildman–Crippen MR) is 604 cm³/mol. The summed E-state index contributed by atoms with van der Waals surface area (Å²) in [6.45, 7) is 17.0. The van der Waals surface area contributed by atoms with Crippen molar-refractivity contribution in [2.45, 2.75) is 55.4 Å². The van der Waals surface area contributed by atoms with E-state index in [9.17, 15) is 0 Å². The molecule has 15 heteroatoms. The first-order chi connectivity index (χ1) is 70.1. The fourth-order valence-corrected chi connectivity index (χ4v) is 21.3. The van der Waals surface area contributed by atoms with Crippen LogP contribution in [0.5, 0.6) is 23.0 Å². The van der Waals surface area contributed by atoms with E-state index < -0.39 is 0 Å². The summed E-state index contributed by atoms with van der Waals surface area (Å²) < 4.78 is 37.9. The summed E-state index contributed by atoms with van der Waals surface area (Å²) in [5.41, 5.74) is 40.5. The van der Waals surface area contributed by atoms with Crippen LogP contribution >= 0.6 is 39.4 Å². The van der Waals surface area contributed by atoms with Gasteiger partial charge in [0.15, 0.2) is 0 Å². The number of nitrogens with one attached hydrogen (secondary N) is 1. The smallest absolute Gasteiger partial charge is 0.133 e. The van der Waals surface area contributed by atoms with E-state index in [0.717, 1.165) is 206 Å². The molecule has 0 radical (unpaired) electrons. The highest BCUT2D eigenvalue weighted by Crippen LogP contribution is 2.49. The van der Waals surface area contributed by atoms with Gasteiger partial charge < -0.3 is 38.6 Å². The Morgan fingerprint density at radius 2 is 0.531 bits per heavy atom. The largest absolute Gasteiger partial charge is 0.457 e. The second kappa shape index (κ2) is 40.0. The van der Waals surface area contributed by atoms with Crippen LogP contribution in [-0.2, 0) is 0 Å². The Morgan fingerprint density at radius 3 is 0.937 bits per heavy atom. The van der Waals surface area contributed by atoms with Crippen LogP contribution in [0.25, 0.3) is 122 Å². The highest BCUT2D eigenvalue weighted by atomic mass is 79.9. The summed E-state index contributed by atoms with van der Waals surface area (Å²) in [5.74, 6) is 3.42. The Morgan fingerprint density at radius 1 is 0.238 bits per heavy atom. The molecule has 0 aliphatic heterocycles. The molecule has 143 heavy (non-hydrogen) atoms. The van der Waals surface area contributed by atoms with Crippen molar-refractivity contribution in [3.8, 4) is 78.9 Å². The van der Waals surface area contributed by atoms with E-state index in [-0.39, 0.29) is 0 Å². The van der Waals surface area contributed by atoms with Crippen LogP contribution in [-0.4, -0.2) is 26.6 Å². The molecule has 0 saturated carbocycles. The first-order valence-corrected chi connectivity index (χ1v) is 50.2. The summed E-state index contributed by atoms with van der Waals surface area (Å²) in [7, 11) is 0. The van der Waals surface area contributed by atoms with Crippen LogP contribution < -0.4 is 29.5 Å². The van der Waals surface area contributed by atoms with E-state index in [1.54, 1.807) is 0 Å². The monoisotopic (exact) mass is 1950 g/mol. The average Bonchev–Trinajstić information content (AvgIpc) is 1.58. The quantitative estimate of drug-likeness (QED) is 0.0748. The third-order valence-corrected chi connectivity index (χ3v) is 28.5. The number of nitrogens with zero attached hydrogens (tertiary/aromatic N) is 9.